The van der Waals surface area contributed by atoms with E-state index in [1.165, 1.54) is 0 Å². The molecular formula is C9H10BrFO3S. The third-order valence-electron chi connectivity index (χ3n) is 1.99. The molecule has 15 heavy (non-hydrogen) atoms. The molecule has 0 aliphatic carbocycles. The van der Waals surface area contributed by atoms with Crippen LogP contribution < -0.4 is 0 Å². The zero-order chi connectivity index (χ0) is 11.6. The van der Waals surface area contributed by atoms with E-state index in [2.05, 4.69) is 15.9 Å². The van der Waals surface area contributed by atoms with Crippen LogP contribution in [-0.2, 0) is 16.5 Å². The number of hydrogen-bond donors (Lipinski definition) is 1. The standard InChI is InChI=1S/C9H10BrFO3S/c1-6-2-3-8(10)7(9(6)11)4-5-15(12,13)14/h2-3H,4-5H2,1H3,(H,12,13,14). The maximum atomic E-state index is 13.5. The highest BCUT2D eigenvalue weighted by Crippen LogP contribution is 2.23. The van der Waals surface area contributed by atoms with Gasteiger partial charge >= 0.3 is 0 Å². The fraction of sp³-hybridized carbons (Fsp3) is 0.333. The SMILES string of the molecule is Cc1ccc(Br)c(CCS(=O)(=O)O)c1F. The zero-order valence-corrected chi connectivity index (χ0v) is 10.4. The van der Waals surface area contributed by atoms with Gasteiger partial charge in [-0.3, -0.25) is 4.55 Å². The van der Waals surface area contributed by atoms with E-state index in [4.69, 9.17) is 4.55 Å². The van der Waals surface area contributed by atoms with Gasteiger partial charge in [0.05, 0.1) is 5.75 Å². The number of halogens is 2. The van der Waals surface area contributed by atoms with Crippen LogP contribution in [0, 0.1) is 12.7 Å². The molecule has 0 aliphatic rings. The zero-order valence-electron chi connectivity index (χ0n) is 8.00. The first kappa shape index (κ1) is 12.6. The Hall–Kier alpha value is -0.460. The first-order chi connectivity index (χ1) is 6.81. The number of rotatable bonds is 3. The first-order valence-electron chi connectivity index (χ1n) is 4.20. The Bertz CT molecular complexity index is 470. The summed E-state index contributed by atoms with van der Waals surface area (Å²) in [6.45, 7) is 1.60. The molecule has 0 spiro atoms. The summed E-state index contributed by atoms with van der Waals surface area (Å²) in [7, 11) is -4.06. The minimum absolute atomic E-state index is 0.0487. The minimum Gasteiger partial charge on any atom is -0.286 e. The van der Waals surface area contributed by atoms with Gasteiger partial charge in [0.15, 0.2) is 0 Å². The van der Waals surface area contributed by atoms with Crippen LogP contribution in [0.25, 0.3) is 0 Å². The van der Waals surface area contributed by atoms with Gasteiger partial charge in [-0.25, -0.2) is 4.39 Å². The van der Waals surface area contributed by atoms with E-state index in [9.17, 15) is 12.8 Å². The molecule has 0 amide bonds. The van der Waals surface area contributed by atoms with Crippen molar-refractivity contribution >= 4 is 26.0 Å². The summed E-state index contributed by atoms with van der Waals surface area (Å²) in [6.07, 6.45) is -0.0487. The Kier molecular flexibility index (Phi) is 3.86. The van der Waals surface area contributed by atoms with E-state index in [1.54, 1.807) is 19.1 Å². The highest BCUT2D eigenvalue weighted by molar-refractivity contribution is 9.10. The molecule has 0 heterocycles. The van der Waals surface area contributed by atoms with Crippen molar-refractivity contribution in [2.75, 3.05) is 5.75 Å². The van der Waals surface area contributed by atoms with Crippen LogP contribution in [0.5, 0.6) is 0 Å². The molecule has 0 radical (unpaired) electrons. The molecule has 0 atom stereocenters. The number of aryl methyl sites for hydroxylation is 1. The second-order valence-corrected chi connectivity index (χ2v) is 5.62. The Labute approximate surface area is 96.2 Å². The van der Waals surface area contributed by atoms with Gasteiger partial charge < -0.3 is 0 Å². The smallest absolute Gasteiger partial charge is 0.265 e. The second-order valence-electron chi connectivity index (χ2n) is 3.19. The summed E-state index contributed by atoms with van der Waals surface area (Å²) >= 11 is 3.13. The van der Waals surface area contributed by atoms with Crippen LogP contribution in [0.3, 0.4) is 0 Å². The van der Waals surface area contributed by atoms with Crippen LogP contribution in [-0.4, -0.2) is 18.7 Å². The Morgan fingerprint density at radius 3 is 2.60 bits per heavy atom. The van der Waals surface area contributed by atoms with E-state index in [0.717, 1.165) is 0 Å². The maximum absolute atomic E-state index is 13.5. The average Bonchev–Trinajstić information content (AvgIpc) is 2.10. The molecule has 84 valence electrons. The lowest BCUT2D eigenvalue weighted by Gasteiger charge is -2.07. The number of benzene rings is 1. The third kappa shape index (κ3) is 3.55. The summed E-state index contributed by atoms with van der Waals surface area (Å²) in [5.74, 6) is -0.917. The minimum atomic E-state index is -4.06. The lowest BCUT2D eigenvalue weighted by Crippen LogP contribution is -2.08. The topological polar surface area (TPSA) is 54.4 Å². The van der Waals surface area contributed by atoms with Crippen LogP contribution in [0.1, 0.15) is 11.1 Å². The van der Waals surface area contributed by atoms with E-state index >= 15 is 0 Å². The fourth-order valence-corrected chi connectivity index (χ4v) is 2.14. The number of hydrogen-bond acceptors (Lipinski definition) is 2. The largest absolute Gasteiger partial charge is 0.286 e. The maximum Gasteiger partial charge on any atom is 0.265 e. The third-order valence-corrected chi connectivity index (χ3v) is 3.45. The molecule has 1 aromatic carbocycles. The molecule has 6 heteroatoms. The normalized spacial score (nSPS) is 11.7. The van der Waals surface area contributed by atoms with Crippen molar-refractivity contribution in [3.05, 3.63) is 33.5 Å². The summed E-state index contributed by atoms with van der Waals surface area (Å²) in [4.78, 5) is 0. The van der Waals surface area contributed by atoms with Crippen molar-refractivity contribution in [1.29, 1.82) is 0 Å². The van der Waals surface area contributed by atoms with E-state index < -0.39 is 21.7 Å². The lowest BCUT2D eigenvalue weighted by atomic mass is 10.1. The quantitative estimate of drug-likeness (QED) is 0.871. The lowest BCUT2D eigenvalue weighted by molar-refractivity contribution is 0.482. The Morgan fingerprint density at radius 2 is 2.07 bits per heavy atom. The van der Waals surface area contributed by atoms with E-state index in [-0.39, 0.29) is 12.0 Å². The van der Waals surface area contributed by atoms with Crippen molar-refractivity contribution in [2.24, 2.45) is 0 Å². The molecule has 1 N–H and O–H groups in total. The van der Waals surface area contributed by atoms with Gasteiger partial charge in [-0.2, -0.15) is 8.42 Å². The van der Waals surface area contributed by atoms with Crippen molar-refractivity contribution in [2.45, 2.75) is 13.3 Å². The van der Waals surface area contributed by atoms with Gasteiger partial charge in [-0.1, -0.05) is 22.0 Å². The molecule has 1 aromatic rings. The van der Waals surface area contributed by atoms with Gasteiger partial charge in [-0.05, 0) is 25.0 Å². The van der Waals surface area contributed by atoms with E-state index in [1.807, 2.05) is 0 Å². The van der Waals surface area contributed by atoms with Gasteiger partial charge in [0, 0.05) is 10.0 Å². The predicted octanol–water partition coefficient (Wildman–Crippen LogP) is 2.33. The molecule has 0 aliphatic heterocycles. The molecule has 0 saturated carbocycles. The van der Waals surface area contributed by atoms with Crippen LogP contribution in [0.15, 0.2) is 16.6 Å². The highest BCUT2D eigenvalue weighted by Gasteiger charge is 2.13. The molecular weight excluding hydrogens is 287 g/mol. The highest BCUT2D eigenvalue weighted by atomic mass is 79.9. The first-order valence-corrected chi connectivity index (χ1v) is 6.60. The summed E-state index contributed by atoms with van der Waals surface area (Å²) in [6, 6.07) is 3.24. The molecule has 0 unspecified atom stereocenters. The van der Waals surface area contributed by atoms with Crippen molar-refractivity contribution < 1.29 is 17.4 Å². The average molecular weight is 297 g/mol. The van der Waals surface area contributed by atoms with Crippen LogP contribution >= 0.6 is 15.9 Å². The van der Waals surface area contributed by atoms with Crippen LogP contribution in [0.4, 0.5) is 4.39 Å². The van der Waals surface area contributed by atoms with Crippen molar-refractivity contribution in [3.8, 4) is 0 Å². The molecule has 0 fully saturated rings. The van der Waals surface area contributed by atoms with Gasteiger partial charge in [0.1, 0.15) is 5.82 Å². The molecule has 0 bridgehead atoms. The Morgan fingerprint density at radius 1 is 1.47 bits per heavy atom. The summed E-state index contributed by atoms with van der Waals surface area (Å²) < 4.78 is 43.7. The van der Waals surface area contributed by atoms with Gasteiger partial charge in [0.25, 0.3) is 10.1 Å². The monoisotopic (exact) mass is 296 g/mol. The van der Waals surface area contributed by atoms with Gasteiger partial charge in [0.2, 0.25) is 0 Å². The van der Waals surface area contributed by atoms with Crippen molar-refractivity contribution in [3.63, 3.8) is 0 Å². The van der Waals surface area contributed by atoms with E-state index in [0.29, 0.717) is 10.0 Å². The molecule has 1 rings (SSSR count). The molecule has 0 saturated heterocycles. The van der Waals surface area contributed by atoms with Gasteiger partial charge in [-0.15, -0.1) is 0 Å². The Balaban J connectivity index is 2.99. The fourth-order valence-electron chi connectivity index (χ4n) is 1.17. The van der Waals surface area contributed by atoms with Crippen LogP contribution in [0.2, 0.25) is 0 Å². The summed E-state index contributed by atoms with van der Waals surface area (Å²) in [5, 5.41) is 0. The summed E-state index contributed by atoms with van der Waals surface area (Å²) in [5.41, 5.74) is 0.719. The molecule has 0 aromatic heterocycles. The predicted molar refractivity (Wildman–Crippen MR) is 59.0 cm³/mol. The van der Waals surface area contributed by atoms with Crippen molar-refractivity contribution in [1.82, 2.24) is 0 Å². The second kappa shape index (κ2) is 4.59. The molecule has 3 nitrogen and oxygen atoms in total.